The Morgan fingerprint density at radius 1 is 1.26 bits per heavy atom. The molecule has 0 saturated heterocycles. The van der Waals surface area contributed by atoms with E-state index in [1.807, 2.05) is 0 Å². The van der Waals surface area contributed by atoms with Gasteiger partial charge in [-0.05, 0) is 38.1 Å². The lowest BCUT2D eigenvalue weighted by atomic mass is 10.2. The first-order valence-corrected chi connectivity index (χ1v) is 9.37. The third-order valence-corrected chi connectivity index (χ3v) is 4.90. The summed E-state index contributed by atoms with van der Waals surface area (Å²) in [4.78, 5) is 12.1. The molecule has 8 heteroatoms. The molecule has 0 heterocycles. The molecule has 0 aromatic heterocycles. The first kappa shape index (κ1) is 19.9. The van der Waals surface area contributed by atoms with E-state index in [0.29, 0.717) is 19.6 Å². The summed E-state index contributed by atoms with van der Waals surface area (Å²) >= 11 is 5.98. The standard InChI is InChI=1S/C15H23ClN2O4S/c1-3-4-9-22-10-5-8-18-15(19)13-11-12(6-7-14(13)16)23(20,21)17-2/h6-7,11,17H,3-5,8-10H2,1-2H3,(H,18,19). The Balaban J connectivity index is 2.58. The van der Waals surface area contributed by atoms with Gasteiger partial charge in [0.15, 0.2) is 0 Å². The fourth-order valence-corrected chi connectivity index (χ4v) is 2.74. The van der Waals surface area contributed by atoms with Gasteiger partial charge in [-0.1, -0.05) is 24.9 Å². The highest BCUT2D eigenvalue weighted by atomic mass is 35.5. The van der Waals surface area contributed by atoms with E-state index in [1.165, 1.54) is 25.2 Å². The third-order valence-electron chi connectivity index (χ3n) is 3.15. The van der Waals surface area contributed by atoms with Gasteiger partial charge in [0.25, 0.3) is 5.91 Å². The Hall–Kier alpha value is -1.15. The number of unbranched alkanes of at least 4 members (excludes halogenated alkanes) is 1. The molecule has 0 aliphatic rings. The maximum atomic E-state index is 12.1. The van der Waals surface area contributed by atoms with Crippen molar-refractivity contribution in [1.82, 2.24) is 10.0 Å². The molecule has 0 radical (unpaired) electrons. The summed E-state index contributed by atoms with van der Waals surface area (Å²) in [6.45, 7) is 3.82. The Kier molecular flexibility index (Phi) is 8.54. The SMILES string of the molecule is CCCCOCCCNC(=O)c1cc(S(=O)(=O)NC)ccc1Cl. The number of sulfonamides is 1. The lowest BCUT2D eigenvalue weighted by molar-refractivity contribution is 0.0940. The van der Waals surface area contributed by atoms with Crippen LogP contribution in [0.25, 0.3) is 0 Å². The van der Waals surface area contributed by atoms with Crippen molar-refractivity contribution in [3.05, 3.63) is 28.8 Å². The molecule has 1 aromatic rings. The summed E-state index contributed by atoms with van der Waals surface area (Å²) < 4.78 is 31.1. The predicted octanol–water partition coefficient (Wildman–Crippen LogP) is 2.18. The molecule has 1 aromatic carbocycles. The molecule has 0 aliphatic heterocycles. The van der Waals surface area contributed by atoms with Gasteiger partial charge in [0.05, 0.1) is 15.5 Å². The van der Waals surface area contributed by atoms with Crippen molar-refractivity contribution in [3.8, 4) is 0 Å². The number of carbonyl (C=O) groups excluding carboxylic acids is 1. The Bertz CT molecular complexity index is 620. The normalized spacial score (nSPS) is 11.4. The van der Waals surface area contributed by atoms with Crippen LogP contribution in [0.2, 0.25) is 5.02 Å². The van der Waals surface area contributed by atoms with Gasteiger partial charge < -0.3 is 10.1 Å². The summed E-state index contributed by atoms with van der Waals surface area (Å²) in [5.41, 5.74) is 0.134. The quantitative estimate of drug-likeness (QED) is 0.625. The van der Waals surface area contributed by atoms with Crippen molar-refractivity contribution in [2.75, 3.05) is 26.8 Å². The van der Waals surface area contributed by atoms with Crippen molar-refractivity contribution < 1.29 is 17.9 Å². The van der Waals surface area contributed by atoms with Crippen LogP contribution in [0, 0.1) is 0 Å². The number of hydrogen-bond donors (Lipinski definition) is 2. The van der Waals surface area contributed by atoms with E-state index in [9.17, 15) is 13.2 Å². The first-order chi connectivity index (χ1) is 10.9. The molecule has 0 aliphatic carbocycles. The highest BCUT2D eigenvalue weighted by molar-refractivity contribution is 7.89. The van der Waals surface area contributed by atoms with Crippen molar-refractivity contribution in [2.24, 2.45) is 0 Å². The second-order valence-electron chi connectivity index (χ2n) is 4.92. The third kappa shape index (κ3) is 6.47. The summed E-state index contributed by atoms with van der Waals surface area (Å²) in [7, 11) is -2.31. The minimum Gasteiger partial charge on any atom is -0.381 e. The molecule has 23 heavy (non-hydrogen) atoms. The molecule has 0 saturated carbocycles. The monoisotopic (exact) mass is 362 g/mol. The lowest BCUT2D eigenvalue weighted by Gasteiger charge is -2.09. The topological polar surface area (TPSA) is 84.5 Å². The maximum absolute atomic E-state index is 12.1. The van der Waals surface area contributed by atoms with Gasteiger partial charge in [-0.25, -0.2) is 13.1 Å². The number of ether oxygens (including phenoxy) is 1. The molecular weight excluding hydrogens is 340 g/mol. The van der Waals surface area contributed by atoms with Crippen LogP contribution in [0.3, 0.4) is 0 Å². The van der Waals surface area contributed by atoms with Crippen LogP contribution < -0.4 is 10.0 Å². The molecule has 1 rings (SSSR count). The van der Waals surface area contributed by atoms with E-state index in [-0.39, 0.29) is 15.5 Å². The van der Waals surface area contributed by atoms with E-state index in [0.717, 1.165) is 19.4 Å². The van der Waals surface area contributed by atoms with Crippen molar-refractivity contribution in [1.29, 1.82) is 0 Å². The summed E-state index contributed by atoms with van der Waals surface area (Å²) in [6.07, 6.45) is 2.79. The van der Waals surface area contributed by atoms with E-state index in [2.05, 4.69) is 17.0 Å². The van der Waals surface area contributed by atoms with E-state index in [4.69, 9.17) is 16.3 Å². The predicted molar refractivity (Wildman–Crippen MR) is 90.4 cm³/mol. The van der Waals surface area contributed by atoms with Gasteiger partial charge in [0.2, 0.25) is 10.0 Å². The molecular formula is C15H23ClN2O4S. The molecule has 0 atom stereocenters. The van der Waals surface area contributed by atoms with Crippen molar-refractivity contribution in [3.63, 3.8) is 0 Å². The molecule has 0 bridgehead atoms. The molecule has 130 valence electrons. The van der Waals surface area contributed by atoms with Crippen molar-refractivity contribution >= 4 is 27.5 Å². The van der Waals surface area contributed by atoms with Gasteiger partial charge in [0.1, 0.15) is 0 Å². The minimum absolute atomic E-state index is 0.00236. The van der Waals surface area contributed by atoms with Gasteiger partial charge in [0, 0.05) is 19.8 Å². The minimum atomic E-state index is -3.62. The highest BCUT2D eigenvalue weighted by Gasteiger charge is 2.17. The smallest absolute Gasteiger partial charge is 0.252 e. The van der Waals surface area contributed by atoms with Crippen LogP contribution in [0.4, 0.5) is 0 Å². The molecule has 1 amide bonds. The summed E-state index contributed by atoms with van der Waals surface area (Å²) in [6, 6.07) is 4.02. The van der Waals surface area contributed by atoms with Crippen LogP contribution in [0.5, 0.6) is 0 Å². The number of carbonyl (C=O) groups is 1. The second-order valence-corrected chi connectivity index (χ2v) is 7.22. The average molecular weight is 363 g/mol. The molecule has 0 fully saturated rings. The van der Waals surface area contributed by atoms with Gasteiger partial charge >= 0.3 is 0 Å². The number of amides is 1. The number of rotatable bonds is 10. The average Bonchev–Trinajstić information content (AvgIpc) is 2.54. The number of nitrogens with one attached hydrogen (secondary N) is 2. The zero-order valence-electron chi connectivity index (χ0n) is 13.4. The Morgan fingerprint density at radius 2 is 1.96 bits per heavy atom. The fourth-order valence-electron chi connectivity index (χ4n) is 1.78. The van der Waals surface area contributed by atoms with Crippen LogP contribution >= 0.6 is 11.6 Å². The second kappa shape index (κ2) is 9.87. The molecule has 0 unspecified atom stereocenters. The van der Waals surface area contributed by atoms with Gasteiger partial charge in [-0.2, -0.15) is 0 Å². The van der Waals surface area contributed by atoms with E-state index < -0.39 is 15.9 Å². The van der Waals surface area contributed by atoms with E-state index >= 15 is 0 Å². The van der Waals surface area contributed by atoms with E-state index in [1.54, 1.807) is 0 Å². The Morgan fingerprint density at radius 3 is 2.61 bits per heavy atom. The zero-order chi connectivity index (χ0) is 17.3. The molecule has 0 spiro atoms. The Labute approximate surface area is 142 Å². The van der Waals surface area contributed by atoms with Crippen molar-refractivity contribution in [2.45, 2.75) is 31.1 Å². The van der Waals surface area contributed by atoms with Gasteiger partial charge in [-0.3, -0.25) is 4.79 Å². The van der Waals surface area contributed by atoms with Crippen LogP contribution in [-0.4, -0.2) is 41.1 Å². The molecule has 6 nitrogen and oxygen atoms in total. The summed E-state index contributed by atoms with van der Waals surface area (Å²) in [5.74, 6) is -0.406. The largest absolute Gasteiger partial charge is 0.381 e. The number of hydrogen-bond acceptors (Lipinski definition) is 4. The summed E-state index contributed by atoms with van der Waals surface area (Å²) in [5, 5.41) is 2.91. The van der Waals surface area contributed by atoms with Crippen LogP contribution in [0.15, 0.2) is 23.1 Å². The van der Waals surface area contributed by atoms with Crippen LogP contribution in [-0.2, 0) is 14.8 Å². The molecule has 2 N–H and O–H groups in total. The lowest BCUT2D eigenvalue weighted by Crippen LogP contribution is -2.26. The maximum Gasteiger partial charge on any atom is 0.252 e. The zero-order valence-corrected chi connectivity index (χ0v) is 15.0. The first-order valence-electron chi connectivity index (χ1n) is 7.51. The van der Waals surface area contributed by atoms with Gasteiger partial charge in [-0.15, -0.1) is 0 Å². The number of benzene rings is 1. The highest BCUT2D eigenvalue weighted by Crippen LogP contribution is 2.20. The van der Waals surface area contributed by atoms with Crippen LogP contribution in [0.1, 0.15) is 36.5 Å². The number of halogens is 1. The fraction of sp³-hybridized carbons (Fsp3) is 0.533.